The molecule has 2 heterocycles. The molecule has 3 aromatic rings. The van der Waals surface area contributed by atoms with E-state index in [4.69, 9.17) is 15.6 Å². The van der Waals surface area contributed by atoms with Crippen LogP contribution in [0.2, 0.25) is 0 Å². The van der Waals surface area contributed by atoms with Gasteiger partial charge in [0.15, 0.2) is 9.84 Å². The van der Waals surface area contributed by atoms with E-state index in [2.05, 4.69) is 10.6 Å². The maximum atomic E-state index is 15.0. The third kappa shape index (κ3) is 14.9. The molecule has 5 amide bonds. The number of aliphatic hydroxyl groups is 1. The first kappa shape index (κ1) is 50.4. The normalized spacial score (nSPS) is 13.9. The first-order valence-electron chi connectivity index (χ1n) is 18.8. The van der Waals surface area contributed by atoms with Gasteiger partial charge >= 0.3 is 12.1 Å². The highest BCUT2D eigenvalue weighted by molar-refractivity contribution is 7.91. The number of hydrogen-bond donors (Lipinski definition) is 5. The Kier molecular flexibility index (Phi) is 17.6. The topological polar surface area (TPSA) is 239 Å². The van der Waals surface area contributed by atoms with Crippen molar-refractivity contribution in [1.82, 2.24) is 25.0 Å². The number of amides is 5. The van der Waals surface area contributed by atoms with Crippen molar-refractivity contribution in [2.24, 2.45) is 11.1 Å². The van der Waals surface area contributed by atoms with Gasteiger partial charge in [0.2, 0.25) is 17.7 Å². The van der Waals surface area contributed by atoms with E-state index in [0.29, 0.717) is 22.7 Å². The number of nitrogens with two attached hydrogens (primary N) is 1. The second-order valence-electron chi connectivity index (χ2n) is 15.0. The molecule has 0 spiro atoms. The molecule has 0 aliphatic carbocycles. The number of imide groups is 1. The van der Waals surface area contributed by atoms with Gasteiger partial charge in [0, 0.05) is 61.3 Å². The van der Waals surface area contributed by atoms with Crippen molar-refractivity contribution in [3.63, 3.8) is 0 Å². The van der Waals surface area contributed by atoms with Gasteiger partial charge in [0.1, 0.15) is 24.8 Å². The number of aliphatic carboxylic acids is 1. The Morgan fingerprint density at radius 3 is 2.03 bits per heavy atom. The van der Waals surface area contributed by atoms with Crippen molar-refractivity contribution in [3.8, 4) is 11.1 Å². The summed E-state index contributed by atoms with van der Waals surface area (Å²) in [5, 5.41) is 22.0. The molecule has 0 bridgehead atoms. The Morgan fingerprint density at radius 1 is 0.903 bits per heavy atom. The standard InChI is InChI=1S/C38H46F2N6O8S.C2HF3O2/c1-38(2,3)36(31-19-26(28-20-27(39)9-10-29(28)40)22-44(31)21-25-7-5-4-6-8-25)45(35(51)24-47)16-13-30(41)37(52)43-15-18-55(53,54)17-14-42-32(48)23-46-33(49)11-12-34(46)50;3-2(4,5)1(6)7/h4-12,19-20,22,30,36,47H,13-18,21,23-24,41H2,1-3H3,(H,42,48)(H,43,52);(H,6,7)/t30-,36-;/m0./s1. The largest absolute Gasteiger partial charge is 0.490 e. The van der Waals surface area contributed by atoms with Gasteiger partial charge in [-0.2, -0.15) is 13.2 Å². The van der Waals surface area contributed by atoms with E-state index < -0.39 is 105 Å². The lowest BCUT2D eigenvalue weighted by atomic mass is 9.82. The highest BCUT2D eigenvalue weighted by atomic mass is 32.2. The van der Waals surface area contributed by atoms with Crippen LogP contribution in [0, 0.1) is 17.0 Å². The number of alkyl halides is 3. The Labute approximate surface area is 353 Å². The molecule has 2 aromatic carbocycles. The number of halogens is 5. The Balaban J connectivity index is 0.00000134. The highest BCUT2D eigenvalue weighted by Crippen LogP contribution is 2.41. The van der Waals surface area contributed by atoms with Crippen LogP contribution in [-0.2, 0) is 45.1 Å². The van der Waals surface area contributed by atoms with Crippen molar-refractivity contribution in [2.45, 2.75) is 52.0 Å². The molecule has 0 saturated carbocycles. The molecule has 1 aromatic heterocycles. The highest BCUT2D eigenvalue weighted by Gasteiger charge is 2.39. The molecule has 6 N–H and O–H groups in total. The van der Waals surface area contributed by atoms with Crippen LogP contribution in [0.25, 0.3) is 11.1 Å². The van der Waals surface area contributed by atoms with Crippen LogP contribution in [0.5, 0.6) is 0 Å². The number of hydrogen-bond acceptors (Lipinski definition) is 10. The van der Waals surface area contributed by atoms with Gasteiger partial charge < -0.3 is 36.0 Å². The Hall–Kier alpha value is -6.00. The average Bonchev–Trinajstić information content (AvgIpc) is 3.73. The molecule has 338 valence electrons. The number of benzene rings is 2. The molecule has 0 unspecified atom stereocenters. The predicted octanol–water partition coefficient (Wildman–Crippen LogP) is 2.31. The fourth-order valence-electron chi connectivity index (χ4n) is 6.21. The molecule has 1 aliphatic heterocycles. The minimum Gasteiger partial charge on any atom is -0.475 e. The number of sulfone groups is 1. The Morgan fingerprint density at radius 2 is 1.48 bits per heavy atom. The summed E-state index contributed by atoms with van der Waals surface area (Å²) >= 11 is 0. The van der Waals surface area contributed by atoms with Crippen molar-refractivity contribution in [3.05, 3.63) is 95.8 Å². The van der Waals surface area contributed by atoms with Crippen molar-refractivity contribution < 1.29 is 69.4 Å². The van der Waals surface area contributed by atoms with E-state index in [1.807, 2.05) is 55.7 Å². The lowest BCUT2D eigenvalue weighted by Crippen LogP contribution is -2.48. The fraction of sp³-hybridized carbons (Fsp3) is 0.400. The maximum absolute atomic E-state index is 15.0. The first-order chi connectivity index (χ1) is 28.8. The number of carbonyl (C=O) groups excluding carboxylic acids is 5. The second kappa shape index (κ2) is 21.7. The summed E-state index contributed by atoms with van der Waals surface area (Å²) in [6.07, 6.45) is -1.43. The van der Waals surface area contributed by atoms with Crippen molar-refractivity contribution in [2.75, 3.05) is 44.3 Å². The van der Waals surface area contributed by atoms with E-state index in [0.717, 1.165) is 35.9 Å². The van der Waals surface area contributed by atoms with Gasteiger partial charge in [-0.3, -0.25) is 28.9 Å². The van der Waals surface area contributed by atoms with Gasteiger partial charge in [-0.15, -0.1) is 0 Å². The van der Waals surface area contributed by atoms with Crippen molar-refractivity contribution in [1.29, 1.82) is 0 Å². The number of nitrogens with one attached hydrogen (secondary N) is 2. The summed E-state index contributed by atoms with van der Waals surface area (Å²) in [6.45, 7) is 3.87. The van der Waals surface area contributed by atoms with E-state index >= 15 is 4.39 Å². The number of carboxylic acid groups (broad SMARTS) is 1. The van der Waals surface area contributed by atoms with Crippen LogP contribution >= 0.6 is 0 Å². The molecule has 22 heteroatoms. The molecule has 0 radical (unpaired) electrons. The van der Waals surface area contributed by atoms with Crippen LogP contribution < -0.4 is 16.4 Å². The van der Waals surface area contributed by atoms with Crippen LogP contribution in [0.15, 0.2) is 72.9 Å². The average molecular weight is 899 g/mol. The number of nitrogens with zero attached hydrogens (tertiary/aromatic N) is 3. The number of aromatic nitrogens is 1. The van der Waals surface area contributed by atoms with E-state index in [-0.39, 0.29) is 31.6 Å². The molecule has 62 heavy (non-hydrogen) atoms. The van der Waals surface area contributed by atoms with Gasteiger partial charge in [-0.05, 0) is 41.7 Å². The lowest BCUT2D eigenvalue weighted by molar-refractivity contribution is -0.192. The molecule has 4 rings (SSSR count). The van der Waals surface area contributed by atoms with Gasteiger partial charge in [-0.1, -0.05) is 51.1 Å². The van der Waals surface area contributed by atoms with Crippen LogP contribution in [0.1, 0.15) is 44.5 Å². The molecule has 1 aliphatic rings. The van der Waals surface area contributed by atoms with Crippen molar-refractivity contribution >= 4 is 45.3 Å². The summed E-state index contributed by atoms with van der Waals surface area (Å²) in [7, 11) is -3.75. The summed E-state index contributed by atoms with van der Waals surface area (Å²) in [5.74, 6) is -8.31. The number of carbonyl (C=O) groups is 6. The zero-order valence-corrected chi connectivity index (χ0v) is 34.6. The zero-order chi connectivity index (χ0) is 46.6. The molecule has 0 saturated heterocycles. The molecular formula is C40H47F5N6O10S. The van der Waals surface area contributed by atoms with E-state index in [1.165, 1.54) is 4.90 Å². The predicted molar refractivity (Wildman–Crippen MR) is 213 cm³/mol. The fourth-order valence-corrected chi connectivity index (χ4v) is 7.24. The minimum absolute atomic E-state index is 0.0249. The third-order valence-electron chi connectivity index (χ3n) is 9.14. The van der Waals surface area contributed by atoms with Gasteiger partial charge in [-0.25, -0.2) is 22.0 Å². The molecule has 0 fully saturated rings. The van der Waals surface area contributed by atoms with E-state index in [9.17, 15) is 55.1 Å². The minimum atomic E-state index is -5.08. The summed E-state index contributed by atoms with van der Waals surface area (Å²) in [6, 6.07) is 12.3. The number of rotatable bonds is 18. The number of carboxylic acids is 1. The lowest BCUT2D eigenvalue weighted by Gasteiger charge is -2.41. The second-order valence-corrected chi connectivity index (χ2v) is 17.3. The molecule has 2 atom stereocenters. The van der Waals surface area contributed by atoms with Gasteiger partial charge in [0.05, 0.1) is 23.6 Å². The quantitative estimate of drug-likeness (QED) is 0.0918. The smallest absolute Gasteiger partial charge is 0.475 e. The SMILES string of the molecule is CC(C)(C)[C@H](c1cc(-c2cc(F)ccc2F)cn1Cc1ccccc1)N(CC[C@H](N)C(=O)NCCS(=O)(=O)CCNC(=O)CN1C(=O)C=CC1=O)C(=O)CO.O=C(O)C(F)(F)F. The zero-order valence-electron chi connectivity index (χ0n) is 33.8. The third-order valence-corrected chi connectivity index (χ3v) is 10.8. The summed E-state index contributed by atoms with van der Waals surface area (Å²) in [4.78, 5) is 72.6. The summed E-state index contributed by atoms with van der Waals surface area (Å²) < 4.78 is 87.9. The van der Waals surface area contributed by atoms with Crippen LogP contribution in [0.4, 0.5) is 22.0 Å². The Bertz CT molecular complexity index is 2230. The molecular weight excluding hydrogens is 852 g/mol. The van der Waals surface area contributed by atoms with E-state index in [1.54, 1.807) is 12.3 Å². The monoisotopic (exact) mass is 898 g/mol. The molecule has 16 nitrogen and oxygen atoms in total. The number of aliphatic hydroxyl groups excluding tert-OH is 1. The van der Waals surface area contributed by atoms with Gasteiger partial charge in [0.25, 0.3) is 11.8 Å². The first-order valence-corrected chi connectivity index (χ1v) is 20.6. The maximum Gasteiger partial charge on any atom is 0.490 e. The van der Waals surface area contributed by atoms with Crippen LogP contribution in [0.3, 0.4) is 0 Å². The van der Waals surface area contributed by atoms with Crippen LogP contribution in [-0.4, -0.2) is 125 Å². The summed E-state index contributed by atoms with van der Waals surface area (Å²) in [5.41, 5.74) is 7.35.